The fourth-order valence-electron chi connectivity index (χ4n) is 0.544. The molecule has 0 amide bonds. The van der Waals surface area contributed by atoms with E-state index in [9.17, 15) is 0 Å². The standard InChI is InChI=1S/C6H13ClO4/c1-4(8)10-6(3-7)11-5(2)9/h4-6,8-9H,3H2,1-2H3. The first-order chi connectivity index (χ1) is 5.06. The molecular formula is C6H13ClO4. The van der Waals surface area contributed by atoms with Crippen LogP contribution < -0.4 is 0 Å². The number of halogens is 1. The van der Waals surface area contributed by atoms with Crippen LogP contribution in [-0.4, -0.2) is 35.0 Å². The number of rotatable bonds is 5. The van der Waals surface area contributed by atoms with Gasteiger partial charge in [0, 0.05) is 0 Å². The molecule has 0 aliphatic rings. The van der Waals surface area contributed by atoms with E-state index in [4.69, 9.17) is 31.3 Å². The van der Waals surface area contributed by atoms with Gasteiger partial charge in [0.15, 0.2) is 18.9 Å². The lowest BCUT2D eigenvalue weighted by atomic mass is 10.6. The minimum Gasteiger partial charge on any atom is -0.368 e. The monoisotopic (exact) mass is 184 g/mol. The van der Waals surface area contributed by atoms with Crippen molar-refractivity contribution in [2.24, 2.45) is 0 Å². The van der Waals surface area contributed by atoms with Crippen LogP contribution in [0.1, 0.15) is 13.8 Å². The number of ether oxygens (including phenoxy) is 2. The minimum absolute atomic E-state index is 0.0653. The zero-order chi connectivity index (χ0) is 8.85. The number of alkyl halides is 1. The van der Waals surface area contributed by atoms with Gasteiger partial charge in [-0.2, -0.15) is 0 Å². The van der Waals surface area contributed by atoms with Gasteiger partial charge < -0.3 is 19.7 Å². The quantitative estimate of drug-likeness (QED) is 0.476. The summed E-state index contributed by atoms with van der Waals surface area (Å²) in [6.07, 6.45) is -2.66. The lowest BCUT2D eigenvalue weighted by Crippen LogP contribution is -2.27. The van der Waals surface area contributed by atoms with E-state index < -0.39 is 18.9 Å². The van der Waals surface area contributed by atoms with Crippen LogP contribution in [0.4, 0.5) is 0 Å². The van der Waals surface area contributed by atoms with Gasteiger partial charge in [-0.05, 0) is 13.8 Å². The van der Waals surface area contributed by atoms with E-state index in [0.29, 0.717) is 0 Å². The molecule has 4 nitrogen and oxygen atoms in total. The van der Waals surface area contributed by atoms with Crippen LogP contribution in [0.15, 0.2) is 0 Å². The van der Waals surface area contributed by atoms with Gasteiger partial charge in [-0.1, -0.05) is 0 Å². The second-order valence-electron chi connectivity index (χ2n) is 2.05. The third-order valence-corrected chi connectivity index (χ3v) is 1.08. The highest BCUT2D eigenvalue weighted by molar-refractivity contribution is 6.18. The van der Waals surface area contributed by atoms with Crippen LogP contribution in [0.5, 0.6) is 0 Å². The largest absolute Gasteiger partial charge is 0.368 e. The van der Waals surface area contributed by atoms with Gasteiger partial charge in [-0.15, -0.1) is 11.6 Å². The van der Waals surface area contributed by atoms with Gasteiger partial charge in [0.1, 0.15) is 0 Å². The summed E-state index contributed by atoms with van der Waals surface area (Å²) in [6, 6.07) is 0. The molecule has 0 aromatic rings. The lowest BCUT2D eigenvalue weighted by molar-refractivity contribution is -0.258. The number of aliphatic hydroxyl groups excluding tert-OH is 2. The van der Waals surface area contributed by atoms with Crippen molar-refractivity contribution in [1.29, 1.82) is 0 Å². The lowest BCUT2D eigenvalue weighted by Gasteiger charge is -2.18. The van der Waals surface area contributed by atoms with Gasteiger partial charge in [-0.3, -0.25) is 0 Å². The Hall–Kier alpha value is 0.130. The summed E-state index contributed by atoms with van der Waals surface area (Å²) in [5.41, 5.74) is 0. The van der Waals surface area contributed by atoms with Gasteiger partial charge in [-0.25, -0.2) is 0 Å². The Bertz CT molecular complexity index is 86.6. The average Bonchev–Trinajstić information content (AvgIpc) is 1.84. The highest BCUT2D eigenvalue weighted by Gasteiger charge is 2.12. The fraction of sp³-hybridized carbons (Fsp3) is 1.00. The van der Waals surface area contributed by atoms with E-state index in [1.807, 2.05) is 0 Å². The highest BCUT2D eigenvalue weighted by atomic mass is 35.5. The minimum atomic E-state index is -0.947. The summed E-state index contributed by atoms with van der Waals surface area (Å²) < 4.78 is 9.50. The van der Waals surface area contributed by atoms with Crippen LogP contribution in [0.3, 0.4) is 0 Å². The van der Waals surface area contributed by atoms with Crippen molar-refractivity contribution >= 4 is 11.6 Å². The summed E-state index contributed by atoms with van der Waals surface area (Å²) in [5, 5.41) is 17.4. The van der Waals surface area contributed by atoms with Crippen molar-refractivity contribution in [3.05, 3.63) is 0 Å². The van der Waals surface area contributed by atoms with E-state index >= 15 is 0 Å². The molecule has 0 radical (unpaired) electrons. The molecule has 0 aromatic carbocycles. The highest BCUT2D eigenvalue weighted by Crippen LogP contribution is 2.03. The molecule has 2 N–H and O–H groups in total. The Morgan fingerprint density at radius 3 is 1.73 bits per heavy atom. The van der Waals surface area contributed by atoms with E-state index in [0.717, 1.165) is 0 Å². The van der Waals surface area contributed by atoms with E-state index in [2.05, 4.69) is 0 Å². The molecule has 0 bridgehead atoms. The van der Waals surface area contributed by atoms with Crippen molar-refractivity contribution in [2.45, 2.75) is 32.7 Å². The average molecular weight is 185 g/mol. The summed E-state index contributed by atoms with van der Waals surface area (Å²) >= 11 is 5.38. The maximum atomic E-state index is 8.72. The SMILES string of the molecule is CC(O)OC(CCl)OC(C)O. The molecule has 0 aromatic heterocycles. The molecule has 0 saturated heterocycles. The molecule has 0 saturated carbocycles. The smallest absolute Gasteiger partial charge is 0.177 e. The molecule has 0 spiro atoms. The third-order valence-electron chi connectivity index (χ3n) is 0.823. The Balaban J connectivity index is 3.58. The Labute approximate surface area is 70.7 Å². The molecule has 0 aliphatic carbocycles. The molecule has 5 heteroatoms. The number of hydrogen-bond acceptors (Lipinski definition) is 4. The second-order valence-corrected chi connectivity index (χ2v) is 2.36. The topological polar surface area (TPSA) is 58.9 Å². The van der Waals surface area contributed by atoms with Crippen molar-refractivity contribution in [3.63, 3.8) is 0 Å². The van der Waals surface area contributed by atoms with Crippen molar-refractivity contribution in [1.82, 2.24) is 0 Å². The molecular weight excluding hydrogens is 172 g/mol. The summed E-state index contributed by atoms with van der Waals surface area (Å²) in [4.78, 5) is 0. The van der Waals surface area contributed by atoms with Crippen LogP contribution in [0, 0.1) is 0 Å². The van der Waals surface area contributed by atoms with Crippen molar-refractivity contribution in [2.75, 3.05) is 5.88 Å². The Kier molecular flexibility index (Phi) is 5.81. The molecule has 0 heterocycles. The Morgan fingerprint density at radius 2 is 1.55 bits per heavy atom. The Morgan fingerprint density at radius 1 is 1.18 bits per heavy atom. The number of hydrogen-bond donors (Lipinski definition) is 2. The summed E-state index contributed by atoms with van der Waals surface area (Å²) in [5.74, 6) is 0.0653. The normalized spacial score (nSPS) is 19.4. The number of aliphatic hydroxyl groups is 2. The zero-order valence-electron chi connectivity index (χ0n) is 6.53. The van der Waals surface area contributed by atoms with Crippen LogP contribution >= 0.6 is 11.6 Å². The maximum absolute atomic E-state index is 8.72. The van der Waals surface area contributed by atoms with Crippen LogP contribution in [-0.2, 0) is 9.47 Å². The molecule has 0 rings (SSSR count). The van der Waals surface area contributed by atoms with Crippen LogP contribution in [0.25, 0.3) is 0 Å². The molecule has 0 aliphatic heterocycles. The second kappa shape index (κ2) is 5.74. The first-order valence-corrected chi connectivity index (χ1v) is 3.82. The van der Waals surface area contributed by atoms with Crippen molar-refractivity contribution < 1.29 is 19.7 Å². The predicted octanol–water partition coefficient (Wildman–Crippen LogP) is 0.261. The first-order valence-electron chi connectivity index (χ1n) is 3.29. The summed E-state index contributed by atoms with van der Waals surface area (Å²) in [6.45, 7) is 2.87. The van der Waals surface area contributed by atoms with E-state index in [1.54, 1.807) is 0 Å². The van der Waals surface area contributed by atoms with Crippen molar-refractivity contribution in [3.8, 4) is 0 Å². The van der Waals surface area contributed by atoms with Gasteiger partial charge in [0.05, 0.1) is 5.88 Å². The molecule has 2 unspecified atom stereocenters. The molecule has 11 heavy (non-hydrogen) atoms. The fourth-order valence-corrected chi connectivity index (χ4v) is 0.690. The maximum Gasteiger partial charge on any atom is 0.177 e. The van der Waals surface area contributed by atoms with Gasteiger partial charge >= 0.3 is 0 Å². The van der Waals surface area contributed by atoms with Gasteiger partial charge in [0.2, 0.25) is 0 Å². The summed E-state index contributed by atoms with van der Waals surface area (Å²) in [7, 11) is 0. The van der Waals surface area contributed by atoms with E-state index in [-0.39, 0.29) is 5.88 Å². The predicted molar refractivity (Wildman–Crippen MR) is 40.0 cm³/mol. The molecule has 2 atom stereocenters. The zero-order valence-corrected chi connectivity index (χ0v) is 7.28. The molecule has 68 valence electrons. The van der Waals surface area contributed by atoms with Gasteiger partial charge in [0.25, 0.3) is 0 Å². The van der Waals surface area contributed by atoms with Crippen LogP contribution in [0.2, 0.25) is 0 Å². The third kappa shape index (κ3) is 6.52. The first kappa shape index (κ1) is 11.1. The molecule has 0 fully saturated rings. The van der Waals surface area contributed by atoms with E-state index in [1.165, 1.54) is 13.8 Å².